The number of hydrogen-bond donors (Lipinski definition) is 3. The van der Waals surface area contributed by atoms with Gasteiger partial charge in [-0.05, 0) is 84.5 Å². The Morgan fingerprint density at radius 1 is 0.646 bits per heavy atom. The highest BCUT2D eigenvalue weighted by molar-refractivity contribution is 5.30. The first kappa shape index (κ1) is 47.7. The Balaban J connectivity index is 0.709. The molecule has 26 atom stereocenters. The van der Waals surface area contributed by atoms with E-state index in [1.54, 1.807) is 21.1 Å². The monoisotopic (exact) mass is 925 g/mol. The summed E-state index contributed by atoms with van der Waals surface area (Å²) in [6, 6.07) is 0. The van der Waals surface area contributed by atoms with Crippen molar-refractivity contribution in [3.05, 3.63) is 11.6 Å². The van der Waals surface area contributed by atoms with Gasteiger partial charge in [0.05, 0.1) is 67.5 Å². The maximum absolute atomic E-state index is 11.5. The van der Waals surface area contributed by atoms with Gasteiger partial charge in [0.1, 0.15) is 36.6 Å². The summed E-state index contributed by atoms with van der Waals surface area (Å²) in [6.07, 6.45) is -2.02. The second kappa shape index (κ2) is 17.7. The first-order chi connectivity index (χ1) is 30.9. The summed E-state index contributed by atoms with van der Waals surface area (Å²) in [5.41, 5.74) is 1.49. The third-order valence-electron chi connectivity index (χ3n) is 18.0. The molecule has 0 spiro atoms. The molecule has 0 unspecified atom stereocenters. The number of rotatable bonds is 11. The van der Waals surface area contributed by atoms with Gasteiger partial charge in [0.15, 0.2) is 36.7 Å². The minimum absolute atomic E-state index is 0.00494. The van der Waals surface area contributed by atoms with Crippen molar-refractivity contribution in [3.63, 3.8) is 0 Å². The summed E-state index contributed by atoms with van der Waals surface area (Å²) in [4.78, 5) is 0. The van der Waals surface area contributed by atoms with Crippen LogP contribution in [0.4, 0.5) is 0 Å². The van der Waals surface area contributed by atoms with Crippen LogP contribution in [0.2, 0.25) is 0 Å². The van der Waals surface area contributed by atoms with Crippen molar-refractivity contribution in [1.29, 1.82) is 0 Å². The zero-order chi connectivity index (χ0) is 46.0. The molecule has 7 heterocycles. The van der Waals surface area contributed by atoms with Gasteiger partial charge in [-0.3, -0.25) is 0 Å². The average molecular weight is 925 g/mol. The lowest BCUT2D eigenvalue weighted by molar-refractivity contribution is -0.359. The Labute approximate surface area is 383 Å². The maximum atomic E-state index is 11.5. The Bertz CT molecular complexity index is 1730. The van der Waals surface area contributed by atoms with Crippen molar-refractivity contribution < 1.29 is 81.6 Å². The molecule has 0 amide bonds. The summed E-state index contributed by atoms with van der Waals surface area (Å²) >= 11 is 0. The SMILES string of the molecule is CO[C@@H]1[C@@H](O)[C@H](O[C@@H]2[C@@H](C)O[C@@H](O[C@H]3[C@@H](OC)C[C@H](O[C@H]4[C@H](O)C[C@H](O[C@H]5CC[C@@]6(C)C(=CC[C@@H]7[C@@H]6CC[C@]6(C)[C@@H]8[C@H]9CO[C@@]8(C)O[C@@]76O9)C5)O[C@@H]4C)O[C@@H]3C)C[C@H]2OC)O[C@H](C)[C@H]1O. The van der Waals surface area contributed by atoms with Gasteiger partial charge in [-0.25, -0.2) is 0 Å². The summed E-state index contributed by atoms with van der Waals surface area (Å²) in [5, 5.41) is 32.8. The Hall–Kier alpha value is -0.940. The van der Waals surface area contributed by atoms with Crippen LogP contribution in [-0.2, 0) is 66.3 Å². The third-order valence-corrected chi connectivity index (χ3v) is 18.0. The predicted octanol–water partition coefficient (Wildman–Crippen LogP) is 3.85. The Morgan fingerprint density at radius 3 is 1.91 bits per heavy atom. The zero-order valence-electron chi connectivity index (χ0n) is 39.9. The Morgan fingerprint density at radius 2 is 1.28 bits per heavy atom. The van der Waals surface area contributed by atoms with Crippen molar-refractivity contribution >= 4 is 0 Å². The molecule has 3 aliphatic carbocycles. The molecule has 0 aromatic heterocycles. The van der Waals surface area contributed by atoms with Gasteiger partial charge in [0.2, 0.25) is 0 Å². The van der Waals surface area contributed by atoms with Crippen molar-refractivity contribution in [2.24, 2.45) is 28.6 Å². The fourth-order valence-electron chi connectivity index (χ4n) is 14.7. The molecule has 9 fully saturated rings. The van der Waals surface area contributed by atoms with E-state index in [0.29, 0.717) is 31.3 Å². The second-order valence-electron chi connectivity index (χ2n) is 21.6. The lowest BCUT2D eigenvalue weighted by Gasteiger charge is -2.59. The van der Waals surface area contributed by atoms with E-state index in [9.17, 15) is 15.3 Å². The second-order valence-corrected chi connectivity index (χ2v) is 21.6. The quantitative estimate of drug-likeness (QED) is 0.253. The molecule has 7 aliphatic heterocycles. The Kier molecular flexibility index (Phi) is 13.0. The number of hydrogen-bond acceptors (Lipinski definition) is 17. The molecule has 65 heavy (non-hydrogen) atoms. The molecule has 2 bridgehead atoms. The highest BCUT2D eigenvalue weighted by Crippen LogP contribution is 2.76. The van der Waals surface area contributed by atoms with E-state index in [2.05, 4.69) is 26.8 Å². The lowest BCUT2D eigenvalue weighted by Crippen LogP contribution is -2.61. The number of allylic oxidation sites excluding steroid dienone is 1. The fraction of sp³-hybridized carbons (Fsp3) is 0.958. The lowest BCUT2D eigenvalue weighted by atomic mass is 9.48. The molecule has 17 nitrogen and oxygen atoms in total. The predicted molar refractivity (Wildman–Crippen MR) is 227 cm³/mol. The number of ether oxygens (including phenoxy) is 14. The molecular weight excluding hydrogens is 849 g/mol. The van der Waals surface area contributed by atoms with Gasteiger partial charge in [-0.15, -0.1) is 0 Å². The van der Waals surface area contributed by atoms with E-state index in [-0.39, 0.29) is 35.4 Å². The van der Waals surface area contributed by atoms with Crippen molar-refractivity contribution in [2.75, 3.05) is 27.9 Å². The van der Waals surface area contributed by atoms with E-state index >= 15 is 0 Å². The molecule has 7 saturated heterocycles. The van der Waals surface area contributed by atoms with Crippen LogP contribution in [0, 0.1) is 28.6 Å². The van der Waals surface area contributed by atoms with Gasteiger partial charge >= 0.3 is 0 Å². The average Bonchev–Trinajstić information content (AvgIpc) is 3.75. The van der Waals surface area contributed by atoms with Gasteiger partial charge in [-0.2, -0.15) is 0 Å². The van der Waals surface area contributed by atoms with Gasteiger partial charge in [0, 0.05) is 51.9 Å². The molecule has 3 N–H and O–H groups in total. The molecule has 0 aromatic rings. The number of methoxy groups -OCH3 is 3. The summed E-state index contributed by atoms with van der Waals surface area (Å²) in [5.74, 6) is -0.0884. The molecule has 10 aliphatic rings. The van der Waals surface area contributed by atoms with Crippen LogP contribution >= 0.6 is 0 Å². The molecular formula is C48H76O17. The third kappa shape index (κ3) is 7.76. The van der Waals surface area contributed by atoms with E-state index in [1.807, 2.05) is 20.8 Å². The molecule has 0 radical (unpaired) electrons. The van der Waals surface area contributed by atoms with Gasteiger partial charge in [0.25, 0.3) is 0 Å². The highest BCUT2D eigenvalue weighted by Gasteiger charge is 2.83. The molecule has 17 heteroatoms. The number of fused-ring (bicyclic) bond motifs is 3. The summed E-state index contributed by atoms with van der Waals surface area (Å²) < 4.78 is 88.1. The van der Waals surface area contributed by atoms with E-state index in [4.69, 9.17) is 66.3 Å². The molecule has 370 valence electrons. The fourth-order valence-corrected chi connectivity index (χ4v) is 14.7. The van der Waals surface area contributed by atoms with E-state index in [1.165, 1.54) is 19.1 Å². The summed E-state index contributed by atoms with van der Waals surface area (Å²) in [7, 11) is 4.65. The van der Waals surface area contributed by atoms with Crippen LogP contribution < -0.4 is 0 Å². The first-order valence-electron chi connectivity index (χ1n) is 24.5. The van der Waals surface area contributed by atoms with Crippen LogP contribution in [0.3, 0.4) is 0 Å². The van der Waals surface area contributed by atoms with E-state index in [0.717, 1.165) is 32.1 Å². The molecule has 10 rings (SSSR count). The number of aliphatic hydroxyl groups excluding tert-OH is 3. The van der Waals surface area contributed by atoms with Crippen LogP contribution in [-0.4, -0.2) is 172 Å². The molecule has 2 saturated carbocycles. The summed E-state index contributed by atoms with van der Waals surface area (Å²) in [6.45, 7) is 15.0. The van der Waals surface area contributed by atoms with Crippen LogP contribution in [0.25, 0.3) is 0 Å². The van der Waals surface area contributed by atoms with Gasteiger partial charge in [-0.1, -0.05) is 25.5 Å². The van der Waals surface area contributed by atoms with Crippen LogP contribution in [0.5, 0.6) is 0 Å². The van der Waals surface area contributed by atoms with Crippen molar-refractivity contribution in [1.82, 2.24) is 0 Å². The van der Waals surface area contributed by atoms with Crippen LogP contribution in [0.1, 0.15) is 106 Å². The van der Waals surface area contributed by atoms with Crippen molar-refractivity contribution in [2.45, 2.75) is 235 Å². The molecule has 0 aromatic carbocycles. The highest BCUT2D eigenvalue weighted by atomic mass is 16.8. The largest absolute Gasteiger partial charge is 0.390 e. The maximum Gasteiger partial charge on any atom is 0.187 e. The minimum Gasteiger partial charge on any atom is -0.390 e. The minimum atomic E-state index is -1.22. The smallest absolute Gasteiger partial charge is 0.187 e. The topological polar surface area (TPSA) is 190 Å². The number of aliphatic hydroxyl groups is 3. The normalized spacial score (nSPS) is 57.3. The van der Waals surface area contributed by atoms with Gasteiger partial charge < -0.3 is 81.6 Å². The van der Waals surface area contributed by atoms with Crippen molar-refractivity contribution in [3.8, 4) is 0 Å². The van der Waals surface area contributed by atoms with E-state index < -0.39 is 116 Å². The first-order valence-corrected chi connectivity index (χ1v) is 24.5. The van der Waals surface area contributed by atoms with Crippen LogP contribution in [0.15, 0.2) is 11.6 Å². The zero-order valence-corrected chi connectivity index (χ0v) is 39.9. The standard InChI is InChI=1S/C48H76O17/c1-22-37(50)42(54-10)38(51)44(59-22)63-41-25(4)58-36(20-32(41)53-9)62-40-24(3)57-35(19-31(40)52-8)61-39-23(2)56-34(18-30(39)49)60-27-13-15-45(5)26(17-27)11-12-29-28(45)14-16-46(6)43-33-21-55-47(43,7)65-48(29,46)64-33/h11,22-25,27-44,49-51H,12-21H2,1-10H3/t22-,23-,24-,25-,27+,28+,29-,30-,31+,32-,33-,34+,35+,36+,37-,38-,39-,40-,41-,42+,43+,44+,45+,46-,47+,48+/m1/s1.